The van der Waals surface area contributed by atoms with Gasteiger partial charge in [0.1, 0.15) is 17.4 Å². The van der Waals surface area contributed by atoms with Gasteiger partial charge in [-0.2, -0.15) is 0 Å². The fraction of sp³-hybridized carbons (Fsp3) is 0.607. The number of rotatable bonds is 10. The van der Waals surface area contributed by atoms with Gasteiger partial charge in [-0.25, -0.2) is 4.39 Å². The predicted molar refractivity (Wildman–Crippen MR) is 141 cm³/mol. The van der Waals surface area contributed by atoms with Gasteiger partial charge < -0.3 is 9.73 Å². The summed E-state index contributed by atoms with van der Waals surface area (Å²) in [5, 5.41) is 3.34. The molecule has 0 unspecified atom stereocenters. The van der Waals surface area contributed by atoms with Gasteiger partial charge in [-0.05, 0) is 57.7 Å². The van der Waals surface area contributed by atoms with E-state index in [1.54, 1.807) is 6.26 Å². The third kappa shape index (κ3) is 13.3. The van der Waals surface area contributed by atoms with Crippen LogP contribution in [0.15, 0.2) is 62.1 Å². The molecular formula is C28H49FN2O. The third-order valence-electron chi connectivity index (χ3n) is 4.27. The van der Waals surface area contributed by atoms with Crippen molar-refractivity contribution in [3.8, 4) is 0 Å². The lowest BCUT2D eigenvalue weighted by molar-refractivity contribution is 0.512. The largest absolute Gasteiger partial charge is 0.467 e. The summed E-state index contributed by atoms with van der Waals surface area (Å²) >= 11 is 0. The van der Waals surface area contributed by atoms with Gasteiger partial charge in [-0.1, -0.05) is 79.4 Å². The maximum absolute atomic E-state index is 15.4. The zero-order valence-electron chi connectivity index (χ0n) is 22.5. The van der Waals surface area contributed by atoms with Crippen LogP contribution in [0.4, 0.5) is 4.39 Å². The van der Waals surface area contributed by atoms with Crippen LogP contribution in [0.2, 0.25) is 0 Å². The molecular weight excluding hydrogens is 399 g/mol. The van der Waals surface area contributed by atoms with E-state index < -0.39 is 0 Å². The van der Waals surface area contributed by atoms with Crippen molar-refractivity contribution in [3.63, 3.8) is 0 Å². The summed E-state index contributed by atoms with van der Waals surface area (Å²) in [4.78, 5) is 4.67. The van der Waals surface area contributed by atoms with Gasteiger partial charge in [0.25, 0.3) is 0 Å². The maximum atomic E-state index is 15.4. The van der Waals surface area contributed by atoms with Crippen LogP contribution in [0.3, 0.4) is 0 Å². The van der Waals surface area contributed by atoms with Crippen molar-refractivity contribution in [3.05, 3.63) is 58.5 Å². The number of allylic oxidation sites excluding steroid dienone is 4. The number of unbranched alkanes of at least 4 members (excludes halogenated alkanes) is 1. The Morgan fingerprint density at radius 3 is 2.12 bits per heavy atom. The molecule has 0 aliphatic carbocycles. The van der Waals surface area contributed by atoms with E-state index in [0.29, 0.717) is 24.4 Å². The van der Waals surface area contributed by atoms with E-state index in [2.05, 4.69) is 44.1 Å². The van der Waals surface area contributed by atoms with Crippen molar-refractivity contribution in [2.45, 2.75) is 114 Å². The minimum Gasteiger partial charge on any atom is -0.467 e. The van der Waals surface area contributed by atoms with Crippen molar-refractivity contribution in [2.75, 3.05) is 0 Å². The number of amidine groups is 1. The minimum absolute atomic E-state index is 0.145. The van der Waals surface area contributed by atoms with E-state index in [4.69, 9.17) is 4.42 Å². The van der Waals surface area contributed by atoms with E-state index >= 15 is 4.39 Å². The van der Waals surface area contributed by atoms with Crippen LogP contribution in [0, 0.1) is 0 Å². The van der Waals surface area contributed by atoms with Gasteiger partial charge >= 0.3 is 0 Å². The number of halogens is 1. The zero-order valence-corrected chi connectivity index (χ0v) is 22.5. The van der Waals surface area contributed by atoms with Crippen LogP contribution in [0.5, 0.6) is 0 Å². The summed E-state index contributed by atoms with van der Waals surface area (Å²) in [6.07, 6.45) is 9.43. The number of aliphatic imine (C=N–C) groups is 1. The molecule has 1 rings (SSSR count). The number of nitrogens with one attached hydrogen (secondary N) is 1. The van der Waals surface area contributed by atoms with E-state index in [1.165, 1.54) is 6.42 Å². The molecule has 0 amide bonds. The molecule has 0 aliphatic rings. The Hall–Kier alpha value is -2.10. The minimum atomic E-state index is -0.145. The first-order valence-electron chi connectivity index (χ1n) is 12.4. The Kier molecular flexibility index (Phi) is 20.8. The molecule has 1 heterocycles. The van der Waals surface area contributed by atoms with Crippen molar-refractivity contribution in [1.82, 2.24) is 5.32 Å². The summed E-state index contributed by atoms with van der Waals surface area (Å²) < 4.78 is 20.8. The van der Waals surface area contributed by atoms with Crippen molar-refractivity contribution >= 4 is 5.84 Å². The molecule has 32 heavy (non-hydrogen) atoms. The summed E-state index contributed by atoms with van der Waals surface area (Å²) in [5.41, 5.74) is 3.30. The van der Waals surface area contributed by atoms with E-state index in [-0.39, 0.29) is 5.83 Å². The average Bonchev–Trinajstić information content (AvgIpc) is 3.29. The Balaban J connectivity index is 0. The Morgan fingerprint density at radius 2 is 1.69 bits per heavy atom. The van der Waals surface area contributed by atoms with E-state index in [9.17, 15) is 0 Å². The molecule has 1 N–H and O–H groups in total. The highest BCUT2D eigenvalue weighted by Crippen LogP contribution is 2.26. The smallest absolute Gasteiger partial charge is 0.135 e. The molecule has 0 aromatic carbocycles. The van der Waals surface area contributed by atoms with Crippen LogP contribution in [0.25, 0.3) is 0 Å². The molecule has 0 bridgehead atoms. The summed E-state index contributed by atoms with van der Waals surface area (Å²) in [6, 6.07) is 3.72. The summed E-state index contributed by atoms with van der Waals surface area (Å²) in [5.74, 6) is 1.18. The second-order valence-electron chi connectivity index (χ2n) is 7.65. The molecule has 1 aromatic heterocycles. The molecule has 0 atom stereocenters. The third-order valence-corrected chi connectivity index (χ3v) is 4.27. The number of hydrogen-bond acceptors (Lipinski definition) is 2. The quantitative estimate of drug-likeness (QED) is 0.220. The highest BCUT2D eigenvalue weighted by molar-refractivity contribution is 6.03. The van der Waals surface area contributed by atoms with Crippen LogP contribution in [0.1, 0.15) is 114 Å². The standard InChI is InChI=1S/C23H35FN2O.C3H8.C2H6/c1-7-10-13-18(6)26-23(25-16-20-14-11-15-27-20)21(17(4)5)22(24)19(9-3)12-8-2;1-3-2;1-2/h11,13-15H,7-10,12,16H2,1-6H3,(H,25,26);3H2,1-2H3;1-2H3/b18-13+,22-19+;;. The van der Waals surface area contributed by atoms with Crippen LogP contribution in [-0.2, 0) is 6.54 Å². The molecule has 0 fully saturated rings. The SMILES string of the molecule is CC.CCC.CCC/C=C(\C)NC(=NCc1ccco1)C(=C(C)C)/C(F)=C(/CC)CCC. The predicted octanol–water partition coefficient (Wildman–Crippen LogP) is 9.68. The van der Waals surface area contributed by atoms with Gasteiger partial charge in [0.05, 0.1) is 18.4 Å². The van der Waals surface area contributed by atoms with E-state index in [0.717, 1.165) is 48.3 Å². The fourth-order valence-electron chi connectivity index (χ4n) is 2.82. The lowest BCUT2D eigenvalue weighted by Gasteiger charge is -2.17. The Morgan fingerprint density at radius 1 is 1.06 bits per heavy atom. The second-order valence-corrected chi connectivity index (χ2v) is 7.65. The Bertz CT molecular complexity index is 706. The second kappa shape index (κ2) is 20.8. The molecule has 0 saturated carbocycles. The van der Waals surface area contributed by atoms with Crippen molar-refractivity contribution < 1.29 is 8.81 Å². The van der Waals surface area contributed by atoms with Gasteiger partial charge in [0.15, 0.2) is 0 Å². The van der Waals surface area contributed by atoms with Crippen LogP contribution < -0.4 is 5.32 Å². The van der Waals surface area contributed by atoms with Gasteiger partial charge in [-0.15, -0.1) is 0 Å². The molecule has 0 aliphatic heterocycles. The normalized spacial score (nSPS) is 12.1. The first kappa shape index (κ1) is 32.1. The molecule has 0 saturated heterocycles. The molecule has 4 heteroatoms. The summed E-state index contributed by atoms with van der Waals surface area (Å²) in [6.45, 7) is 20.7. The summed E-state index contributed by atoms with van der Waals surface area (Å²) in [7, 11) is 0. The average molecular weight is 449 g/mol. The fourth-order valence-corrected chi connectivity index (χ4v) is 2.82. The maximum Gasteiger partial charge on any atom is 0.135 e. The zero-order chi connectivity index (χ0) is 24.9. The number of hydrogen-bond donors (Lipinski definition) is 1. The highest BCUT2D eigenvalue weighted by Gasteiger charge is 2.18. The Labute approximate surface area is 198 Å². The topological polar surface area (TPSA) is 37.5 Å². The molecule has 184 valence electrons. The van der Waals surface area contributed by atoms with E-state index in [1.807, 2.05) is 53.7 Å². The number of furan rings is 1. The molecule has 3 nitrogen and oxygen atoms in total. The van der Waals surface area contributed by atoms with Gasteiger partial charge in [0.2, 0.25) is 0 Å². The highest BCUT2D eigenvalue weighted by atomic mass is 19.1. The lowest BCUT2D eigenvalue weighted by Crippen LogP contribution is -2.25. The molecule has 0 radical (unpaired) electrons. The van der Waals surface area contributed by atoms with Gasteiger partial charge in [-0.3, -0.25) is 4.99 Å². The van der Waals surface area contributed by atoms with Crippen molar-refractivity contribution in [1.29, 1.82) is 0 Å². The first-order valence-corrected chi connectivity index (χ1v) is 12.4. The lowest BCUT2D eigenvalue weighted by atomic mass is 9.99. The van der Waals surface area contributed by atoms with Gasteiger partial charge in [0, 0.05) is 5.70 Å². The van der Waals surface area contributed by atoms with Crippen LogP contribution in [-0.4, -0.2) is 5.84 Å². The molecule has 0 spiro atoms. The number of nitrogens with zero attached hydrogens (tertiary/aromatic N) is 1. The van der Waals surface area contributed by atoms with Crippen molar-refractivity contribution in [2.24, 2.45) is 4.99 Å². The van der Waals surface area contributed by atoms with Crippen LogP contribution >= 0.6 is 0 Å². The first-order chi connectivity index (χ1) is 15.4. The monoisotopic (exact) mass is 448 g/mol. The molecule has 1 aromatic rings.